The second kappa shape index (κ2) is 11.7. The first-order valence-corrected chi connectivity index (χ1v) is 12.6. The van der Waals surface area contributed by atoms with Crippen LogP contribution in [-0.2, 0) is 21.2 Å². The van der Waals surface area contributed by atoms with E-state index in [1.807, 2.05) is 18.2 Å². The maximum absolute atomic E-state index is 13.1. The van der Waals surface area contributed by atoms with Crippen LogP contribution < -0.4 is 19.5 Å². The summed E-state index contributed by atoms with van der Waals surface area (Å²) < 4.78 is 44.1. The van der Waals surface area contributed by atoms with Gasteiger partial charge in [0.2, 0.25) is 15.9 Å². The van der Waals surface area contributed by atoms with E-state index in [-0.39, 0.29) is 22.9 Å². The third-order valence-corrected chi connectivity index (χ3v) is 7.43. The van der Waals surface area contributed by atoms with Gasteiger partial charge in [-0.1, -0.05) is 38.1 Å². The molecule has 1 amide bonds. The van der Waals surface area contributed by atoms with Crippen molar-refractivity contribution in [2.75, 3.05) is 32.6 Å². The molecule has 3 aromatic rings. The number of benzene rings is 3. The van der Waals surface area contributed by atoms with Crippen molar-refractivity contribution in [1.82, 2.24) is 4.31 Å². The third kappa shape index (κ3) is 6.32. The minimum absolute atomic E-state index is 0.00493. The highest BCUT2D eigenvalue weighted by atomic mass is 32.2. The number of nitrogens with zero attached hydrogens (tertiary/aromatic N) is 1. The van der Waals surface area contributed by atoms with Crippen molar-refractivity contribution in [1.29, 1.82) is 0 Å². The Morgan fingerprint density at radius 3 is 2.20 bits per heavy atom. The summed E-state index contributed by atoms with van der Waals surface area (Å²) in [6.45, 7) is 4.22. The van der Waals surface area contributed by atoms with Crippen molar-refractivity contribution in [3.05, 3.63) is 72.3 Å². The minimum Gasteiger partial charge on any atom is -0.497 e. The third-order valence-electron chi connectivity index (χ3n) is 5.38. The zero-order valence-electron chi connectivity index (χ0n) is 20.3. The van der Waals surface area contributed by atoms with E-state index in [1.165, 1.54) is 23.5 Å². The van der Waals surface area contributed by atoms with Crippen molar-refractivity contribution < 1.29 is 27.4 Å². The summed E-state index contributed by atoms with van der Waals surface area (Å²) in [7, 11) is -0.666. The number of hydrogen-bond donors (Lipinski definition) is 1. The Labute approximate surface area is 206 Å². The summed E-state index contributed by atoms with van der Waals surface area (Å²) in [5.41, 5.74) is 0.905. The Bertz CT molecular complexity index is 1260. The molecule has 0 heterocycles. The Balaban J connectivity index is 1.94. The van der Waals surface area contributed by atoms with Gasteiger partial charge in [-0.3, -0.25) is 4.79 Å². The molecule has 0 aromatic heterocycles. The molecule has 0 aliphatic rings. The van der Waals surface area contributed by atoms with Gasteiger partial charge in [-0.05, 0) is 36.4 Å². The molecule has 0 aliphatic carbocycles. The van der Waals surface area contributed by atoms with Crippen LogP contribution in [-0.4, -0.2) is 45.9 Å². The van der Waals surface area contributed by atoms with Crippen molar-refractivity contribution in [3.63, 3.8) is 0 Å². The minimum atomic E-state index is -3.73. The van der Waals surface area contributed by atoms with Crippen LogP contribution in [0.2, 0.25) is 0 Å². The molecule has 0 bridgehead atoms. The molecule has 35 heavy (non-hydrogen) atoms. The second-order valence-corrected chi connectivity index (χ2v) is 9.50. The van der Waals surface area contributed by atoms with Crippen molar-refractivity contribution >= 4 is 21.6 Å². The highest BCUT2D eigenvalue weighted by molar-refractivity contribution is 7.89. The monoisotopic (exact) mass is 498 g/mol. The maximum Gasteiger partial charge on any atom is 0.243 e. The van der Waals surface area contributed by atoms with E-state index >= 15 is 0 Å². The standard InChI is InChI=1S/C26H30N2O6S/c1-5-28(6-2)35(30,31)22-14-15-24(34-20-10-8-7-9-11-20)23(18-22)27-26(29)16-19-12-13-21(32-3)17-25(19)33-4/h7-15,17-18H,5-6,16H2,1-4H3,(H,27,29). The van der Waals surface area contributed by atoms with Gasteiger partial charge in [0, 0.05) is 24.7 Å². The van der Waals surface area contributed by atoms with E-state index in [4.69, 9.17) is 14.2 Å². The zero-order chi connectivity index (χ0) is 25.4. The van der Waals surface area contributed by atoms with Crippen LogP contribution >= 0.6 is 0 Å². The number of anilines is 1. The summed E-state index contributed by atoms with van der Waals surface area (Å²) in [6, 6.07) is 18.7. The molecule has 9 heteroatoms. The molecule has 0 fully saturated rings. The first-order valence-electron chi connectivity index (χ1n) is 11.2. The number of rotatable bonds is 11. The van der Waals surface area contributed by atoms with Gasteiger partial charge in [0.1, 0.15) is 17.2 Å². The van der Waals surface area contributed by atoms with Crippen molar-refractivity contribution in [3.8, 4) is 23.0 Å². The first kappa shape index (κ1) is 26.1. The molecular formula is C26H30N2O6S. The fourth-order valence-corrected chi connectivity index (χ4v) is 5.03. The average molecular weight is 499 g/mol. The topological polar surface area (TPSA) is 94.2 Å². The van der Waals surface area contributed by atoms with E-state index in [1.54, 1.807) is 57.4 Å². The highest BCUT2D eigenvalue weighted by Crippen LogP contribution is 2.33. The van der Waals surface area contributed by atoms with E-state index < -0.39 is 10.0 Å². The quantitative estimate of drug-likeness (QED) is 0.412. The van der Waals surface area contributed by atoms with Gasteiger partial charge in [-0.2, -0.15) is 4.31 Å². The van der Waals surface area contributed by atoms with Crippen LogP contribution in [0.25, 0.3) is 0 Å². The Kier molecular flexibility index (Phi) is 8.73. The predicted octanol–water partition coefficient (Wildman–Crippen LogP) is 4.71. The van der Waals surface area contributed by atoms with Crippen LogP contribution in [0, 0.1) is 0 Å². The molecule has 186 valence electrons. The lowest BCUT2D eigenvalue weighted by Crippen LogP contribution is -2.30. The Morgan fingerprint density at radius 2 is 1.57 bits per heavy atom. The Morgan fingerprint density at radius 1 is 0.857 bits per heavy atom. The number of nitrogens with one attached hydrogen (secondary N) is 1. The summed E-state index contributed by atoms with van der Waals surface area (Å²) in [5, 5.41) is 2.81. The van der Waals surface area contributed by atoms with Gasteiger partial charge in [-0.25, -0.2) is 8.42 Å². The summed E-state index contributed by atoms with van der Waals surface area (Å²) in [4.78, 5) is 13.1. The van der Waals surface area contributed by atoms with Crippen LogP contribution in [0.5, 0.6) is 23.0 Å². The maximum atomic E-state index is 13.1. The second-order valence-electron chi connectivity index (χ2n) is 7.57. The van der Waals surface area contributed by atoms with Crippen LogP contribution in [0.4, 0.5) is 5.69 Å². The van der Waals surface area contributed by atoms with E-state index in [2.05, 4.69) is 5.32 Å². The molecule has 0 spiro atoms. The first-order chi connectivity index (χ1) is 16.8. The fraction of sp³-hybridized carbons (Fsp3) is 0.269. The highest BCUT2D eigenvalue weighted by Gasteiger charge is 2.24. The molecule has 1 N–H and O–H groups in total. The lowest BCUT2D eigenvalue weighted by Gasteiger charge is -2.20. The summed E-state index contributed by atoms with van der Waals surface area (Å²) in [5.74, 6) is 1.64. The predicted molar refractivity (Wildman–Crippen MR) is 135 cm³/mol. The molecule has 0 aliphatic heterocycles. The number of methoxy groups -OCH3 is 2. The van der Waals surface area contributed by atoms with E-state index in [0.29, 0.717) is 41.7 Å². The van der Waals surface area contributed by atoms with Crippen LogP contribution in [0.3, 0.4) is 0 Å². The van der Waals surface area contributed by atoms with Crippen molar-refractivity contribution in [2.24, 2.45) is 0 Å². The summed E-state index contributed by atoms with van der Waals surface area (Å²) in [6.07, 6.45) is 0.00493. The number of carbonyl (C=O) groups is 1. The van der Waals surface area contributed by atoms with Gasteiger partial charge in [0.25, 0.3) is 0 Å². The molecule has 0 atom stereocenters. The average Bonchev–Trinajstić information content (AvgIpc) is 2.86. The lowest BCUT2D eigenvalue weighted by atomic mass is 10.1. The number of para-hydroxylation sites is 1. The van der Waals surface area contributed by atoms with E-state index in [9.17, 15) is 13.2 Å². The Hall–Kier alpha value is -3.56. The van der Waals surface area contributed by atoms with E-state index in [0.717, 1.165) is 0 Å². The number of carbonyl (C=O) groups excluding carboxylic acids is 1. The van der Waals surface area contributed by atoms with Crippen LogP contribution in [0.15, 0.2) is 71.6 Å². The largest absolute Gasteiger partial charge is 0.497 e. The SMILES string of the molecule is CCN(CC)S(=O)(=O)c1ccc(Oc2ccccc2)c(NC(=O)Cc2ccc(OC)cc2OC)c1. The molecule has 0 saturated heterocycles. The van der Waals surface area contributed by atoms with Crippen LogP contribution in [0.1, 0.15) is 19.4 Å². The normalized spacial score (nSPS) is 11.2. The molecule has 3 aromatic carbocycles. The number of hydrogen-bond acceptors (Lipinski definition) is 6. The smallest absolute Gasteiger partial charge is 0.243 e. The molecule has 0 unspecified atom stereocenters. The van der Waals surface area contributed by atoms with Gasteiger partial charge in [-0.15, -0.1) is 0 Å². The van der Waals surface area contributed by atoms with Gasteiger partial charge >= 0.3 is 0 Å². The number of ether oxygens (including phenoxy) is 3. The van der Waals surface area contributed by atoms with Gasteiger partial charge < -0.3 is 19.5 Å². The number of sulfonamides is 1. The lowest BCUT2D eigenvalue weighted by molar-refractivity contribution is -0.115. The summed E-state index contributed by atoms with van der Waals surface area (Å²) >= 11 is 0. The van der Waals surface area contributed by atoms with Gasteiger partial charge in [0.15, 0.2) is 5.75 Å². The molecule has 0 saturated carbocycles. The van der Waals surface area contributed by atoms with Gasteiger partial charge in [0.05, 0.1) is 31.2 Å². The molecule has 3 rings (SSSR count). The number of amides is 1. The molecule has 8 nitrogen and oxygen atoms in total. The fourth-order valence-electron chi connectivity index (χ4n) is 3.55. The molecular weight excluding hydrogens is 468 g/mol. The zero-order valence-corrected chi connectivity index (χ0v) is 21.1. The molecule has 0 radical (unpaired) electrons. The van der Waals surface area contributed by atoms with Crippen molar-refractivity contribution in [2.45, 2.75) is 25.2 Å².